The molecule has 1 aliphatic carbocycles. The Labute approximate surface area is 97.8 Å². The molecule has 0 radical (unpaired) electrons. The smallest absolute Gasteiger partial charge is 0.851 e. The average Bonchev–Trinajstić information content (AvgIpc) is 2.37. The van der Waals surface area contributed by atoms with Crippen LogP contribution in [0.25, 0.3) is 0 Å². The van der Waals surface area contributed by atoms with Crippen LogP contribution in [-0.2, 0) is 0 Å². The van der Waals surface area contributed by atoms with Crippen LogP contribution in [0.4, 0.5) is 0 Å². The molecule has 0 aromatic rings. The van der Waals surface area contributed by atoms with Gasteiger partial charge in [-0.1, -0.05) is 32.6 Å². The van der Waals surface area contributed by atoms with E-state index < -0.39 is 11.0 Å². The second kappa shape index (κ2) is 4.33. The van der Waals surface area contributed by atoms with Gasteiger partial charge in [0.2, 0.25) is 0 Å². The Balaban J connectivity index is 0.00000144. The molecule has 1 unspecified atom stereocenters. The summed E-state index contributed by atoms with van der Waals surface area (Å²) in [6, 6.07) is 0. The molecule has 1 nitrogen and oxygen atoms in total. The van der Waals surface area contributed by atoms with Crippen molar-refractivity contribution in [2.75, 3.05) is 0 Å². The zero-order valence-electron chi connectivity index (χ0n) is 8.86. The molecular weight excluding hydrogens is 172 g/mol. The van der Waals surface area contributed by atoms with E-state index >= 15 is 0 Å². The van der Waals surface area contributed by atoms with E-state index in [1.54, 1.807) is 0 Å². The third kappa shape index (κ3) is 2.28. The normalized spacial score (nSPS) is 24.6. The molecule has 0 saturated heterocycles. The fourth-order valence-corrected chi connectivity index (χ4v) is 1.89. The van der Waals surface area contributed by atoms with Crippen LogP contribution in [0.3, 0.4) is 0 Å². The number of rotatable bonds is 2. The van der Waals surface area contributed by atoms with E-state index in [0.717, 1.165) is 31.3 Å². The van der Waals surface area contributed by atoms with Gasteiger partial charge in [0.05, 0.1) is 0 Å². The summed E-state index contributed by atoms with van der Waals surface area (Å²) in [6.45, 7) is 11.7. The van der Waals surface area contributed by atoms with Crippen molar-refractivity contribution in [1.82, 2.24) is 0 Å². The van der Waals surface area contributed by atoms with E-state index in [2.05, 4.69) is 13.5 Å². The molecule has 1 aliphatic rings. The van der Waals surface area contributed by atoms with Gasteiger partial charge in [-0.15, -0.1) is 23.2 Å². The van der Waals surface area contributed by atoms with Crippen LogP contribution in [0.1, 0.15) is 39.5 Å². The summed E-state index contributed by atoms with van der Waals surface area (Å²) in [5, 5.41) is 12.2. The SMILES string of the molecule is C=C(C)C([CH2-])(C)C1([O-])CCCC1.[Mg+2]. The molecule has 0 aromatic carbocycles. The van der Waals surface area contributed by atoms with Gasteiger partial charge in [0.25, 0.3) is 0 Å². The Kier molecular flexibility index (Phi) is 4.48. The van der Waals surface area contributed by atoms with Crippen molar-refractivity contribution in [3.8, 4) is 0 Å². The number of hydrogen-bond donors (Lipinski definition) is 0. The first-order chi connectivity index (χ1) is 5.40. The third-order valence-electron chi connectivity index (χ3n) is 3.36. The third-order valence-corrected chi connectivity index (χ3v) is 3.36. The fourth-order valence-electron chi connectivity index (χ4n) is 1.89. The topological polar surface area (TPSA) is 23.1 Å². The van der Waals surface area contributed by atoms with Crippen molar-refractivity contribution >= 4 is 23.1 Å². The van der Waals surface area contributed by atoms with Gasteiger partial charge in [-0.25, -0.2) is 0 Å². The first kappa shape index (κ1) is 13.5. The minimum atomic E-state index is -0.848. The van der Waals surface area contributed by atoms with Gasteiger partial charge >= 0.3 is 23.1 Å². The molecule has 13 heavy (non-hydrogen) atoms. The zero-order chi connectivity index (χ0) is 9.41. The largest absolute Gasteiger partial charge is 2.00 e. The molecule has 1 rings (SSSR count). The second-order valence-corrected chi connectivity index (χ2v) is 4.31. The van der Waals surface area contributed by atoms with Crippen LogP contribution in [-0.4, -0.2) is 28.7 Å². The van der Waals surface area contributed by atoms with Crippen LogP contribution in [0, 0.1) is 12.3 Å². The second-order valence-electron chi connectivity index (χ2n) is 4.31. The maximum absolute atomic E-state index is 12.2. The summed E-state index contributed by atoms with van der Waals surface area (Å²) in [5.74, 6) is 0. The van der Waals surface area contributed by atoms with E-state index in [0.29, 0.717) is 0 Å². The Morgan fingerprint density at radius 1 is 1.46 bits per heavy atom. The predicted molar refractivity (Wildman–Crippen MR) is 55.2 cm³/mol. The summed E-state index contributed by atoms with van der Waals surface area (Å²) >= 11 is 0. The molecule has 0 spiro atoms. The van der Waals surface area contributed by atoms with Crippen molar-refractivity contribution in [1.29, 1.82) is 0 Å². The standard InChI is InChI=1S/C11H18O.Mg/c1-9(2)10(3,4)11(12)7-5-6-8-11;/h1,3,5-8H2,2,4H3;/q-2;+2. The predicted octanol–water partition coefficient (Wildman–Crippen LogP) is 1.70. The van der Waals surface area contributed by atoms with E-state index in [-0.39, 0.29) is 23.1 Å². The molecule has 1 saturated carbocycles. The molecule has 70 valence electrons. The van der Waals surface area contributed by atoms with Gasteiger partial charge < -0.3 is 12.0 Å². The minimum absolute atomic E-state index is 0. The maximum Gasteiger partial charge on any atom is 2.00 e. The van der Waals surface area contributed by atoms with Crippen molar-refractivity contribution in [3.05, 3.63) is 19.1 Å². The first-order valence-electron chi connectivity index (χ1n) is 4.62. The fraction of sp³-hybridized carbons (Fsp3) is 0.727. The van der Waals surface area contributed by atoms with Crippen LogP contribution in [0.5, 0.6) is 0 Å². The molecule has 0 aromatic heterocycles. The van der Waals surface area contributed by atoms with E-state index in [1.807, 2.05) is 13.8 Å². The van der Waals surface area contributed by atoms with Crippen LogP contribution >= 0.6 is 0 Å². The summed E-state index contributed by atoms with van der Waals surface area (Å²) in [5.41, 5.74) is -0.415. The first-order valence-corrected chi connectivity index (χ1v) is 4.62. The number of hydrogen-bond acceptors (Lipinski definition) is 1. The van der Waals surface area contributed by atoms with E-state index in [1.165, 1.54) is 0 Å². The molecule has 0 amide bonds. The summed E-state index contributed by atoms with van der Waals surface area (Å²) in [7, 11) is 0. The van der Waals surface area contributed by atoms with Gasteiger partial charge in [-0.05, 0) is 6.92 Å². The van der Waals surface area contributed by atoms with Gasteiger partial charge in [0.15, 0.2) is 0 Å². The van der Waals surface area contributed by atoms with Gasteiger partial charge in [-0.2, -0.15) is 0 Å². The zero-order valence-corrected chi connectivity index (χ0v) is 10.3. The van der Waals surface area contributed by atoms with Gasteiger partial charge in [0.1, 0.15) is 0 Å². The molecule has 2 heteroatoms. The molecule has 0 heterocycles. The van der Waals surface area contributed by atoms with E-state index in [4.69, 9.17) is 0 Å². The van der Waals surface area contributed by atoms with E-state index in [9.17, 15) is 5.11 Å². The van der Waals surface area contributed by atoms with Crippen LogP contribution in [0.15, 0.2) is 12.2 Å². The Hall–Kier alpha value is 0.466. The molecule has 0 bridgehead atoms. The minimum Gasteiger partial charge on any atom is -0.851 e. The Morgan fingerprint density at radius 3 is 2.15 bits per heavy atom. The van der Waals surface area contributed by atoms with Crippen molar-refractivity contribution in [2.45, 2.75) is 45.1 Å². The average molecular weight is 191 g/mol. The van der Waals surface area contributed by atoms with Crippen molar-refractivity contribution < 1.29 is 5.11 Å². The summed E-state index contributed by atoms with van der Waals surface area (Å²) in [4.78, 5) is 0. The van der Waals surface area contributed by atoms with Crippen LogP contribution in [0.2, 0.25) is 0 Å². The summed E-state index contributed by atoms with van der Waals surface area (Å²) < 4.78 is 0. The molecular formula is C11H18MgO. The Morgan fingerprint density at radius 2 is 1.85 bits per heavy atom. The summed E-state index contributed by atoms with van der Waals surface area (Å²) in [6.07, 6.45) is 3.64. The monoisotopic (exact) mass is 190 g/mol. The van der Waals surface area contributed by atoms with Crippen LogP contribution < -0.4 is 5.11 Å². The molecule has 1 fully saturated rings. The van der Waals surface area contributed by atoms with Crippen molar-refractivity contribution in [3.63, 3.8) is 0 Å². The van der Waals surface area contributed by atoms with Gasteiger partial charge in [-0.3, -0.25) is 0 Å². The quantitative estimate of drug-likeness (QED) is 0.369. The molecule has 0 aliphatic heterocycles. The Bertz CT molecular complexity index is 190. The molecule has 0 N–H and O–H groups in total. The maximum atomic E-state index is 12.2. The molecule has 1 atom stereocenters. The van der Waals surface area contributed by atoms with Gasteiger partial charge in [0, 0.05) is 0 Å². The van der Waals surface area contributed by atoms with Crippen molar-refractivity contribution in [2.24, 2.45) is 5.41 Å².